The van der Waals surface area contributed by atoms with Crippen molar-refractivity contribution in [3.8, 4) is 5.75 Å². The molecule has 0 radical (unpaired) electrons. The van der Waals surface area contributed by atoms with Gasteiger partial charge in [0.25, 0.3) is 5.56 Å². The molecule has 1 aliphatic rings. The summed E-state index contributed by atoms with van der Waals surface area (Å²) in [4.78, 5) is 30.0. The first-order valence-corrected chi connectivity index (χ1v) is 13.9. The van der Waals surface area contributed by atoms with Gasteiger partial charge in [-0.3, -0.25) is 20.4 Å². The quantitative estimate of drug-likeness (QED) is 0.281. The zero-order valence-corrected chi connectivity index (χ0v) is 25.2. The maximum absolute atomic E-state index is 13.7. The van der Waals surface area contributed by atoms with Crippen molar-refractivity contribution in [3.05, 3.63) is 98.0 Å². The van der Waals surface area contributed by atoms with Crippen LogP contribution in [0.15, 0.2) is 76.9 Å². The number of nitrogens with one attached hydrogen (secondary N) is 3. The molecule has 2 aromatic carbocycles. The van der Waals surface area contributed by atoms with Gasteiger partial charge in [0.05, 0.1) is 24.5 Å². The van der Waals surface area contributed by atoms with Gasteiger partial charge in [0.15, 0.2) is 0 Å². The summed E-state index contributed by atoms with van der Waals surface area (Å²) in [6, 6.07) is 14.9. The van der Waals surface area contributed by atoms with Crippen LogP contribution in [0.3, 0.4) is 0 Å². The number of carbonyl (C=O) groups is 1. The second kappa shape index (κ2) is 12.8. The maximum Gasteiger partial charge on any atom is 0.328 e. The molecule has 216 valence electrons. The lowest BCUT2D eigenvalue weighted by molar-refractivity contribution is 0.247. The number of benzene rings is 2. The number of methoxy groups -OCH3 is 1. The van der Waals surface area contributed by atoms with Crippen molar-refractivity contribution in [1.82, 2.24) is 14.8 Å². The van der Waals surface area contributed by atoms with E-state index in [1.165, 1.54) is 15.5 Å². The molecule has 41 heavy (non-hydrogen) atoms. The summed E-state index contributed by atoms with van der Waals surface area (Å²) in [6.45, 7) is 5.00. The zero-order chi connectivity index (χ0) is 29.8. The van der Waals surface area contributed by atoms with E-state index in [1.54, 1.807) is 25.4 Å². The van der Waals surface area contributed by atoms with Crippen molar-refractivity contribution in [2.75, 3.05) is 38.0 Å². The molecule has 9 nitrogen and oxygen atoms in total. The molecule has 1 aromatic heterocycles. The highest BCUT2D eigenvalue weighted by Gasteiger charge is 2.40. The molecule has 1 aliphatic heterocycles. The molecule has 2 heterocycles. The number of urea groups is 1. The Morgan fingerprint density at radius 1 is 1.12 bits per heavy atom. The third-order valence-corrected chi connectivity index (χ3v) is 7.30. The van der Waals surface area contributed by atoms with E-state index in [4.69, 9.17) is 33.3 Å². The van der Waals surface area contributed by atoms with Crippen molar-refractivity contribution < 1.29 is 9.53 Å². The van der Waals surface area contributed by atoms with Gasteiger partial charge in [0.2, 0.25) is 0 Å². The molecule has 1 fully saturated rings. The first-order valence-electron chi connectivity index (χ1n) is 13.1. The summed E-state index contributed by atoms with van der Waals surface area (Å²) in [5.74, 6) is 0.515. The van der Waals surface area contributed by atoms with Crippen LogP contribution in [0.2, 0.25) is 10.0 Å². The number of ether oxygens (including phenoxy) is 1. The molecular weight excluding hydrogens is 563 g/mol. The number of carbonyl (C=O) groups excluding carboxylic acids is 1. The molecule has 4 rings (SSSR count). The number of anilines is 2. The van der Waals surface area contributed by atoms with Gasteiger partial charge in [0, 0.05) is 35.6 Å². The Morgan fingerprint density at radius 3 is 2.44 bits per heavy atom. The number of aromatic nitrogens is 1. The molecule has 0 aliphatic carbocycles. The second-order valence-corrected chi connectivity index (χ2v) is 11.1. The van der Waals surface area contributed by atoms with Gasteiger partial charge in [-0.05, 0) is 55.9 Å². The average molecular weight is 598 g/mol. The van der Waals surface area contributed by atoms with E-state index in [9.17, 15) is 9.59 Å². The Kier molecular flexibility index (Phi) is 9.42. The summed E-state index contributed by atoms with van der Waals surface area (Å²) in [7, 11) is 5.42. The Morgan fingerprint density at radius 2 is 1.80 bits per heavy atom. The molecule has 11 heteroatoms. The summed E-state index contributed by atoms with van der Waals surface area (Å²) < 4.78 is 7.07. The van der Waals surface area contributed by atoms with Crippen LogP contribution in [-0.2, 0) is 6.54 Å². The van der Waals surface area contributed by atoms with Crippen LogP contribution >= 0.6 is 23.2 Å². The first-order chi connectivity index (χ1) is 19.5. The molecule has 1 saturated heterocycles. The number of allylic oxidation sites excluding steroid dienone is 1. The van der Waals surface area contributed by atoms with E-state index in [0.29, 0.717) is 35.1 Å². The van der Waals surface area contributed by atoms with Crippen LogP contribution < -0.4 is 25.8 Å². The fourth-order valence-electron chi connectivity index (χ4n) is 4.73. The lowest BCUT2D eigenvalue weighted by Gasteiger charge is -2.40. The van der Waals surface area contributed by atoms with Gasteiger partial charge in [0.1, 0.15) is 16.6 Å². The molecule has 0 saturated carbocycles. The number of nitrogens with zero attached hydrogens (tertiary/aromatic N) is 3. The summed E-state index contributed by atoms with van der Waals surface area (Å²) in [6.07, 6.45) is 1.63. The van der Waals surface area contributed by atoms with Crippen molar-refractivity contribution >= 4 is 46.4 Å². The van der Waals surface area contributed by atoms with Crippen molar-refractivity contribution in [1.29, 1.82) is 5.41 Å². The Balaban J connectivity index is 1.97. The Bertz CT molecular complexity index is 1530. The number of amidine groups is 1. The van der Waals surface area contributed by atoms with E-state index in [0.717, 1.165) is 16.9 Å². The standard InChI is InChI=1S/C30H34Cl2N6O3/c1-18(2)26(34-23-8-6-7-9-24(23)41-5)25-27(19-10-12-20(31)13-11-19)38(30(40)35-28(25)33)21-16-22(32)29(39)37(17-21)15-14-36(3)4/h6-13,16-18,27,34H,14-15H2,1-5H3,(H2,33,35,40)/b26-25-. The van der Waals surface area contributed by atoms with E-state index in [2.05, 4.69) is 10.6 Å². The van der Waals surface area contributed by atoms with Crippen LogP contribution in [-0.4, -0.2) is 49.1 Å². The maximum atomic E-state index is 13.7. The summed E-state index contributed by atoms with van der Waals surface area (Å²) in [5.41, 5.74) is 2.79. The third-order valence-electron chi connectivity index (χ3n) is 6.78. The predicted molar refractivity (Wildman–Crippen MR) is 166 cm³/mol. The lowest BCUT2D eigenvalue weighted by atomic mass is 9.89. The minimum Gasteiger partial charge on any atom is -0.495 e. The Labute approximate surface area is 249 Å². The van der Waals surface area contributed by atoms with E-state index in [1.807, 2.05) is 69.2 Å². The number of halogens is 2. The SMILES string of the molecule is COc1ccccc1N/C(=C1\C(=N)NC(=O)N(c2cc(Cl)c(=O)n(CCN(C)C)c2)C1c1ccc(Cl)cc1)C(C)C. The van der Waals surface area contributed by atoms with Gasteiger partial charge >= 0.3 is 6.03 Å². The molecule has 3 N–H and O–H groups in total. The van der Waals surface area contributed by atoms with Crippen LogP contribution in [0, 0.1) is 11.3 Å². The van der Waals surface area contributed by atoms with Crippen molar-refractivity contribution in [2.45, 2.75) is 26.4 Å². The van der Waals surface area contributed by atoms with Gasteiger partial charge in [-0.15, -0.1) is 0 Å². The largest absolute Gasteiger partial charge is 0.495 e. The number of amides is 2. The van der Waals surface area contributed by atoms with Gasteiger partial charge < -0.3 is 19.5 Å². The van der Waals surface area contributed by atoms with Crippen LogP contribution in [0.25, 0.3) is 0 Å². The smallest absolute Gasteiger partial charge is 0.328 e. The van der Waals surface area contributed by atoms with Gasteiger partial charge in [-0.25, -0.2) is 4.79 Å². The number of hydrogen-bond donors (Lipinski definition) is 3. The molecule has 2 amide bonds. The molecular formula is C30H34Cl2N6O3. The molecule has 0 spiro atoms. The molecule has 3 aromatic rings. The summed E-state index contributed by atoms with van der Waals surface area (Å²) in [5, 5.41) is 15.7. The highest BCUT2D eigenvalue weighted by atomic mass is 35.5. The topological polar surface area (TPSA) is 103 Å². The van der Waals surface area contributed by atoms with Crippen molar-refractivity contribution in [2.24, 2.45) is 5.92 Å². The minimum absolute atomic E-state index is 0.00804. The summed E-state index contributed by atoms with van der Waals surface area (Å²) >= 11 is 12.7. The Hall–Kier alpha value is -3.79. The fraction of sp³-hybridized carbons (Fsp3) is 0.300. The third kappa shape index (κ3) is 6.59. The van der Waals surface area contributed by atoms with Gasteiger partial charge in [-0.1, -0.05) is 61.3 Å². The normalized spacial score (nSPS) is 16.7. The average Bonchev–Trinajstić information content (AvgIpc) is 2.93. The molecule has 1 atom stereocenters. The fourth-order valence-corrected chi connectivity index (χ4v) is 5.08. The van der Waals surface area contributed by atoms with E-state index < -0.39 is 12.1 Å². The number of rotatable bonds is 9. The highest BCUT2D eigenvalue weighted by Crippen LogP contribution is 2.40. The zero-order valence-electron chi connectivity index (χ0n) is 23.7. The highest BCUT2D eigenvalue weighted by molar-refractivity contribution is 6.31. The second-order valence-electron chi connectivity index (χ2n) is 10.3. The number of pyridine rings is 1. The van der Waals surface area contributed by atoms with Crippen LogP contribution in [0.4, 0.5) is 16.2 Å². The van der Waals surface area contributed by atoms with E-state index >= 15 is 0 Å². The monoisotopic (exact) mass is 596 g/mol. The minimum atomic E-state index is -0.746. The van der Waals surface area contributed by atoms with Crippen LogP contribution in [0.1, 0.15) is 25.5 Å². The van der Waals surface area contributed by atoms with Gasteiger partial charge in [-0.2, -0.15) is 0 Å². The van der Waals surface area contributed by atoms with Crippen molar-refractivity contribution in [3.63, 3.8) is 0 Å². The predicted octanol–water partition coefficient (Wildman–Crippen LogP) is 6.00. The van der Waals surface area contributed by atoms with E-state index in [-0.39, 0.29) is 22.3 Å². The lowest BCUT2D eigenvalue weighted by Crippen LogP contribution is -2.53. The van der Waals surface area contributed by atoms with Crippen LogP contribution in [0.5, 0.6) is 5.75 Å². The number of hydrogen-bond acceptors (Lipinski definition) is 6. The molecule has 0 bridgehead atoms. The first kappa shape index (κ1) is 30.2. The number of likely N-dealkylation sites (N-methyl/N-ethyl adjacent to an activating group) is 1. The molecule has 1 unspecified atom stereocenters. The number of para-hydroxylation sites is 2.